The first-order chi connectivity index (χ1) is 25.7. The molecule has 2 unspecified atom stereocenters. The Kier molecular flexibility index (Phi) is 15.1. The summed E-state index contributed by atoms with van der Waals surface area (Å²) in [6, 6.07) is 25.7. The van der Waals surface area contributed by atoms with Crippen LogP contribution in [0.15, 0.2) is 120 Å². The predicted octanol–water partition coefficient (Wildman–Crippen LogP) is 6.88. The largest absolute Gasteiger partial charge is 1.00 e. The van der Waals surface area contributed by atoms with E-state index in [0.29, 0.717) is 19.1 Å². The van der Waals surface area contributed by atoms with Gasteiger partial charge in [-0.25, -0.2) is 18.1 Å². The Morgan fingerprint density at radius 2 is 1.36 bits per heavy atom. The number of benzene rings is 3. The van der Waals surface area contributed by atoms with Crippen LogP contribution in [-0.4, -0.2) is 16.4 Å². The minimum atomic E-state index is 0. The summed E-state index contributed by atoms with van der Waals surface area (Å²) in [5, 5.41) is 0. The van der Waals surface area contributed by atoms with Crippen LogP contribution in [-0.2, 0) is 30.7 Å². The first-order valence-corrected chi connectivity index (χ1v) is 21.3. The Morgan fingerprint density at radius 1 is 0.786 bits per heavy atom. The van der Waals surface area contributed by atoms with Gasteiger partial charge in [-0.05, 0) is 40.6 Å². The van der Waals surface area contributed by atoms with Crippen LogP contribution >= 0.6 is 0 Å². The van der Waals surface area contributed by atoms with E-state index in [1.54, 1.807) is 28.2 Å². The quantitative estimate of drug-likeness (QED) is 0.252. The van der Waals surface area contributed by atoms with Crippen molar-refractivity contribution in [1.82, 2.24) is 0 Å². The topological polar surface area (TPSA) is 18.5 Å². The van der Waals surface area contributed by atoms with Crippen molar-refractivity contribution in [2.45, 2.75) is 94.9 Å². The van der Waals surface area contributed by atoms with Gasteiger partial charge in [-0.1, -0.05) is 113 Å². The number of hydrogen-bond acceptors (Lipinski definition) is 2. The Hall–Kier alpha value is -2.84. The molecule has 2 atom stereocenters. The molecule has 0 aliphatic heterocycles. The van der Waals surface area contributed by atoms with E-state index in [-0.39, 0.29) is 46.5 Å². The molecule has 0 heterocycles. The van der Waals surface area contributed by atoms with Gasteiger partial charge in [0, 0.05) is 0 Å². The van der Waals surface area contributed by atoms with Crippen molar-refractivity contribution in [1.29, 1.82) is 0 Å². The molecule has 56 heavy (non-hydrogen) atoms. The van der Waals surface area contributed by atoms with E-state index in [9.17, 15) is 0 Å². The molecule has 296 valence electrons. The Balaban J connectivity index is 0.000000225. The zero-order chi connectivity index (χ0) is 38.9. The third kappa shape index (κ3) is 7.96. The van der Waals surface area contributed by atoms with E-state index in [1.807, 2.05) is 50.3 Å². The summed E-state index contributed by atoms with van der Waals surface area (Å²) in [7, 11) is 0. The van der Waals surface area contributed by atoms with E-state index in [2.05, 4.69) is 128 Å². The molecule has 3 aromatic carbocycles. The number of allylic oxidation sites excluding steroid dienone is 10. The number of rotatable bonds is 6. The molecule has 0 saturated heterocycles. The summed E-state index contributed by atoms with van der Waals surface area (Å²) in [4.78, 5) is 0. The minimum absolute atomic E-state index is 0. The van der Waals surface area contributed by atoms with Crippen LogP contribution in [0.5, 0.6) is 11.5 Å². The van der Waals surface area contributed by atoms with Gasteiger partial charge >= 0.3 is 135 Å². The molecule has 5 aliphatic carbocycles. The van der Waals surface area contributed by atoms with E-state index in [0.717, 1.165) is 24.3 Å². The molecule has 0 radical (unpaired) electrons. The van der Waals surface area contributed by atoms with E-state index >= 15 is 0 Å². The summed E-state index contributed by atoms with van der Waals surface area (Å²) in [5.41, 5.74) is 12.8. The molecule has 0 spiro atoms. The number of hydrogen-bond donors (Lipinski definition) is 0. The first-order valence-electron chi connectivity index (χ1n) is 20.1. The van der Waals surface area contributed by atoms with Crippen molar-refractivity contribution in [3.05, 3.63) is 154 Å². The second-order valence-electron chi connectivity index (χ2n) is 17.0. The van der Waals surface area contributed by atoms with Gasteiger partial charge in [-0.15, -0.1) is 13.3 Å². The molecular weight excluding hydrogens is 807 g/mol. The van der Waals surface area contributed by atoms with Gasteiger partial charge in [0.25, 0.3) is 0 Å². The standard InChI is InChI=1S/C29H37.C17H18O2.C5H5.2ClH.Zr/c1-18-25-22-17-19-13-9-10-14-20(19)24(22)21-15-11-12-16-23(21)29(25,8)28(6,7)27(4,5)26(18,2)3;1-3-18-16-9-5-14(6-10-16)13-15-7-11-17(12-8-15)19-4-2;1-2-4-5-3-1;;;/h9-11,13-15,23H,12,16-17H2,1-8H3;5-12H,3-4H2,1-2H3;1-3H,4H2;2*1H;/q-1;;-1;;;+2/p-2. The van der Waals surface area contributed by atoms with Crippen LogP contribution in [0.1, 0.15) is 111 Å². The van der Waals surface area contributed by atoms with Crippen LogP contribution in [0.2, 0.25) is 0 Å². The first kappa shape index (κ1) is 45.9. The van der Waals surface area contributed by atoms with Crippen molar-refractivity contribution in [2.24, 2.45) is 27.6 Å². The van der Waals surface area contributed by atoms with Crippen LogP contribution in [0.3, 0.4) is 0 Å². The predicted molar refractivity (Wildman–Crippen MR) is 224 cm³/mol. The number of halogens is 2. The number of ether oxygens (including phenoxy) is 2. The fraction of sp³-hybridized carbons (Fsp3) is 0.412. The second kappa shape index (κ2) is 18.4. The Labute approximate surface area is 366 Å². The molecule has 1 saturated carbocycles. The molecule has 5 aliphatic rings. The second-order valence-corrected chi connectivity index (χ2v) is 18.3. The molecular formula is C51H60Cl2O2Zr-2. The maximum absolute atomic E-state index is 5.47. The van der Waals surface area contributed by atoms with E-state index in [1.165, 1.54) is 62.5 Å². The van der Waals surface area contributed by atoms with Crippen LogP contribution < -0.4 is 34.3 Å². The molecule has 8 rings (SSSR count). The van der Waals surface area contributed by atoms with Crippen molar-refractivity contribution in [3.63, 3.8) is 0 Å². The van der Waals surface area contributed by atoms with Crippen LogP contribution in [0.4, 0.5) is 0 Å². The summed E-state index contributed by atoms with van der Waals surface area (Å²) in [6.07, 6.45) is 18.5. The van der Waals surface area contributed by atoms with Crippen molar-refractivity contribution >= 4 is 8.78 Å². The van der Waals surface area contributed by atoms with Gasteiger partial charge in [0.05, 0.1) is 0 Å². The van der Waals surface area contributed by atoms with Crippen molar-refractivity contribution in [3.8, 4) is 11.5 Å². The van der Waals surface area contributed by atoms with Gasteiger partial charge < -0.3 is 24.8 Å². The summed E-state index contributed by atoms with van der Waals surface area (Å²) < 4.78 is 12.3. The average molecular weight is 867 g/mol. The zero-order valence-electron chi connectivity index (χ0n) is 35.2. The van der Waals surface area contributed by atoms with Crippen LogP contribution in [0.25, 0.3) is 5.57 Å². The van der Waals surface area contributed by atoms with Gasteiger partial charge in [0.2, 0.25) is 0 Å². The van der Waals surface area contributed by atoms with Crippen LogP contribution in [0, 0.1) is 39.6 Å². The third-order valence-corrected chi connectivity index (χ3v) is 15.7. The zero-order valence-corrected chi connectivity index (χ0v) is 39.2. The normalized spacial score (nSPS) is 22.4. The minimum Gasteiger partial charge on any atom is -1.00 e. The van der Waals surface area contributed by atoms with Gasteiger partial charge in [-0.2, -0.15) is 17.2 Å². The van der Waals surface area contributed by atoms with Gasteiger partial charge in [0.15, 0.2) is 0 Å². The summed E-state index contributed by atoms with van der Waals surface area (Å²) >= 11 is 1.40. The molecule has 5 heteroatoms. The smallest absolute Gasteiger partial charge is 0.00969 e. The SMILES string of the molecule is CCOc1ccc([C](=[Zr+2])c2ccc(OCC)cc2)cc1.C[C-]1C2=C3Cc4ccccc4C3=C3C=CCCC3C2(C)C(C)(C)C(C)(C)C1(C)C.[C-]1=CC=CC1.[Cl-].[Cl-]. The summed E-state index contributed by atoms with van der Waals surface area (Å²) in [5.74, 6) is 4.09. The molecule has 0 amide bonds. The summed E-state index contributed by atoms with van der Waals surface area (Å²) in [6.45, 7) is 25.7. The fourth-order valence-electron chi connectivity index (χ4n) is 9.84. The molecule has 0 aromatic heterocycles. The van der Waals surface area contributed by atoms with Crippen molar-refractivity contribution < 1.29 is 58.5 Å². The molecule has 2 nitrogen and oxygen atoms in total. The Bertz CT molecular complexity index is 1950. The maximum atomic E-state index is 5.47. The van der Waals surface area contributed by atoms with E-state index in [4.69, 9.17) is 9.47 Å². The Morgan fingerprint density at radius 3 is 1.86 bits per heavy atom. The molecule has 3 aromatic rings. The fourth-order valence-corrected chi connectivity index (χ4v) is 10.7. The monoisotopic (exact) mass is 864 g/mol. The molecule has 0 bridgehead atoms. The van der Waals surface area contributed by atoms with Crippen molar-refractivity contribution in [2.75, 3.05) is 13.2 Å². The third-order valence-electron chi connectivity index (χ3n) is 14.3. The molecule has 1 fully saturated rings. The average Bonchev–Trinajstić information content (AvgIpc) is 3.88. The number of fused-ring (bicyclic) bond motifs is 6. The molecule has 0 N–H and O–H groups in total. The van der Waals surface area contributed by atoms with Gasteiger partial charge in [0.1, 0.15) is 0 Å². The maximum Gasteiger partial charge on any atom is -0.00969 e. The van der Waals surface area contributed by atoms with Gasteiger partial charge in [-0.3, -0.25) is 6.08 Å². The van der Waals surface area contributed by atoms with E-state index < -0.39 is 0 Å².